The number of fused-ring (bicyclic) bond motifs is 1. The van der Waals surface area contributed by atoms with Crippen LogP contribution < -0.4 is 9.64 Å². The van der Waals surface area contributed by atoms with Gasteiger partial charge in [0.15, 0.2) is 0 Å². The zero-order chi connectivity index (χ0) is 20.5. The topological polar surface area (TPSA) is 24.8 Å². The molecule has 4 aromatic carbocycles. The van der Waals surface area contributed by atoms with Crippen molar-refractivity contribution in [3.63, 3.8) is 0 Å². The van der Waals surface area contributed by atoms with Crippen LogP contribution in [0.3, 0.4) is 0 Å². The molecule has 1 saturated heterocycles. The Bertz CT molecular complexity index is 1220. The van der Waals surface area contributed by atoms with Crippen LogP contribution in [0.2, 0.25) is 0 Å². The first-order valence-electron chi connectivity index (χ1n) is 9.96. The van der Waals surface area contributed by atoms with E-state index in [1.54, 1.807) is 7.11 Å². The molecule has 0 amide bonds. The lowest BCUT2D eigenvalue weighted by atomic mass is 9.91. The van der Waals surface area contributed by atoms with Gasteiger partial charge >= 0.3 is 0 Å². The molecule has 0 aliphatic carbocycles. The average Bonchev–Trinajstić information content (AvgIpc) is 2.78. The van der Waals surface area contributed by atoms with Crippen LogP contribution in [0.25, 0.3) is 10.8 Å². The van der Waals surface area contributed by atoms with Crippen LogP contribution in [0.15, 0.2) is 96.0 Å². The molecule has 5 rings (SSSR count). The van der Waals surface area contributed by atoms with Crippen molar-refractivity contribution in [3.8, 4) is 5.75 Å². The fraction of sp³-hybridized carbons (Fsp3) is 0.115. The van der Waals surface area contributed by atoms with Crippen LogP contribution in [0.5, 0.6) is 5.75 Å². The number of ether oxygens (including phenoxy) is 1. The normalized spacial score (nSPS) is 17.2. The van der Waals surface area contributed by atoms with Crippen LogP contribution in [0.4, 0.5) is 11.4 Å². The monoisotopic (exact) mass is 504 g/mol. The van der Waals surface area contributed by atoms with Gasteiger partial charge in [0.25, 0.3) is 0 Å². The number of methoxy groups -OCH3 is 1. The van der Waals surface area contributed by atoms with E-state index in [-0.39, 0.29) is 6.04 Å². The second-order valence-electron chi connectivity index (χ2n) is 7.40. The van der Waals surface area contributed by atoms with E-state index in [1.165, 1.54) is 19.9 Å². The van der Waals surface area contributed by atoms with Crippen molar-refractivity contribution < 1.29 is 4.74 Å². The van der Waals surface area contributed by atoms with Crippen molar-refractivity contribution in [3.05, 3.63) is 100 Å². The second-order valence-corrected chi connectivity index (χ2v) is 8.64. The first kappa shape index (κ1) is 19.1. The van der Waals surface area contributed by atoms with Crippen molar-refractivity contribution in [2.45, 2.75) is 12.5 Å². The molecule has 4 heteroatoms. The van der Waals surface area contributed by atoms with Crippen molar-refractivity contribution in [1.82, 2.24) is 0 Å². The Morgan fingerprint density at radius 3 is 2.33 bits per heavy atom. The molecule has 1 fully saturated rings. The van der Waals surface area contributed by atoms with Crippen molar-refractivity contribution >= 4 is 50.6 Å². The molecule has 0 aromatic heterocycles. The van der Waals surface area contributed by atoms with Crippen LogP contribution in [-0.2, 0) is 0 Å². The smallest absolute Gasteiger partial charge is 0.119 e. The van der Waals surface area contributed by atoms with Crippen molar-refractivity contribution in [1.29, 1.82) is 0 Å². The molecule has 0 saturated carbocycles. The Labute approximate surface area is 190 Å². The fourth-order valence-electron chi connectivity index (χ4n) is 3.95. The highest BCUT2D eigenvalue weighted by atomic mass is 127. The maximum absolute atomic E-state index is 5.34. The van der Waals surface area contributed by atoms with Crippen molar-refractivity contribution in [2.24, 2.45) is 4.99 Å². The summed E-state index contributed by atoms with van der Waals surface area (Å²) in [4.78, 5) is 7.29. The number of aliphatic imine (C=N–C) groups is 1. The maximum atomic E-state index is 5.34. The Kier molecular flexibility index (Phi) is 5.17. The third kappa shape index (κ3) is 3.67. The van der Waals surface area contributed by atoms with Gasteiger partial charge in [-0.15, -0.1) is 0 Å². The molecule has 0 bridgehead atoms. The first-order valence-corrected chi connectivity index (χ1v) is 11.0. The van der Waals surface area contributed by atoms with Gasteiger partial charge in [-0.25, -0.2) is 4.99 Å². The molecule has 0 spiro atoms. The number of halogens is 1. The number of hydrogen-bond donors (Lipinski definition) is 0. The van der Waals surface area contributed by atoms with Crippen LogP contribution in [0.1, 0.15) is 18.0 Å². The molecule has 0 radical (unpaired) electrons. The molecule has 3 nitrogen and oxygen atoms in total. The predicted molar refractivity (Wildman–Crippen MR) is 133 cm³/mol. The summed E-state index contributed by atoms with van der Waals surface area (Å²) in [6, 6.07) is 32.1. The van der Waals surface area contributed by atoms with E-state index in [2.05, 4.69) is 106 Å². The standard InChI is InChI=1S/C26H21IN2O/c1-30-24-14-12-23(13-15-24)29-25(17-26(29)28-22-10-8-21(27)9-11-22)20-7-6-18-4-2-3-5-19(18)16-20/h2-16,25H,17H2,1H3/b28-26+. The van der Waals surface area contributed by atoms with Gasteiger partial charge in [-0.05, 0) is 93.5 Å². The van der Waals surface area contributed by atoms with Gasteiger partial charge in [-0.1, -0.05) is 36.4 Å². The molecule has 0 N–H and O–H groups in total. The number of nitrogens with zero attached hydrogens (tertiary/aromatic N) is 2. The molecular formula is C26H21IN2O. The van der Waals surface area contributed by atoms with Crippen LogP contribution in [0, 0.1) is 3.57 Å². The molecular weight excluding hydrogens is 483 g/mol. The largest absolute Gasteiger partial charge is 0.497 e. The molecule has 1 atom stereocenters. The molecule has 148 valence electrons. The summed E-state index contributed by atoms with van der Waals surface area (Å²) < 4.78 is 6.56. The van der Waals surface area contributed by atoms with E-state index >= 15 is 0 Å². The number of rotatable bonds is 4. The minimum absolute atomic E-state index is 0.269. The summed E-state index contributed by atoms with van der Waals surface area (Å²) >= 11 is 2.32. The maximum Gasteiger partial charge on any atom is 0.119 e. The molecule has 4 aromatic rings. The summed E-state index contributed by atoms with van der Waals surface area (Å²) in [6.45, 7) is 0. The van der Waals surface area contributed by atoms with E-state index in [9.17, 15) is 0 Å². The van der Waals surface area contributed by atoms with E-state index in [0.29, 0.717) is 0 Å². The summed E-state index contributed by atoms with van der Waals surface area (Å²) in [6.07, 6.45) is 0.913. The van der Waals surface area contributed by atoms with Gasteiger partial charge in [0.05, 0.1) is 18.8 Å². The average molecular weight is 504 g/mol. The number of benzene rings is 4. The summed E-state index contributed by atoms with van der Waals surface area (Å²) in [7, 11) is 1.69. The highest BCUT2D eigenvalue weighted by Gasteiger charge is 2.36. The Balaban J connectivity index is 1.53. The van der Waals surface area contributed by atoms with Gasteiger partial charge in [-0.2, -0.15) is 0 Å². The highest BCUT2D eigenvalue weighted by Crippen LogP contribution is 2.41. The highest BCUT2D eigenvalue weighted by molar-refractivity contribution is 14.1. The third-order valence-electron chi connectivity index (χ3n) is 5.56. The molecule has 1 unspecified atom stereocenters. The predicted octanol–water partition coefficient (Wildman–Crippen LogP) is 7.13. The lowest BCUT2D eigenvalue weighted by Gasteiger charge is -2.44. The number of hydrogen-bond acceptors (Lipinski definition) is 2. The zero-order valence-electron chi connectivity index (χ0n) is 16.6. The van der Waals surface area contributed by atoms with Crippen molar-refractivity contribution in [2.75, 3.05) is 12.0 Å². The van der Waals surface area contributed by atoms with Crippen LogP contribution in [-0.4, -0.2) is 12.9 Å². The second kappa shape index (κ2) is 8.11. The summed E-state index contributed by atoms with van der Waals surface area (Å²) in [5.74, 6) is 1.94. The lowest BCUT2D eigenvalue weighted by molar-refractivity contribution is 0.415. The van der Waals surface area contributed by atoms with Gasteiger partial charge in [-0.3, -0.25) is 0 Å². The molecule has 30 heavy (non-hydrogen) atoms. The fourth-order valence-corrected chi connectivity index (χ4v) is 4.31. The zero-order valence-corrected chi connectivity index (χ0v) is 18.8. The first-order chi connectivity index (χ1) is 14.7. The van der Waals surface area contributed by atoms with Crippen LogP contribution >= 0.6 is 22.6 Å². The van der Waals surface area contributed by atoms with Gasteiger partial charge < -0.3 is 9.64 Å². The van der Waals surface area contributed by atoms with Gasteiger partial charge in [0, 0.05) is 15.7 Å². The SMILES string of the molecule is COc1ccc(N2/C(=N/c3ccc(I)cc3)CC2c2ccc3ccccc3c2)cc1. The summed E-state index contributed by atoms with van der Waals surface area (Å²) in [5, 5.41) is 2.54. The quantitative estimate of drug-likeness (QED) is 0.276. The molecule has 1 heterocycles. The lowest BCUT2D eigenvalue weighted by Crippen LogP contribution is -2.46. The molecule has 1 aliphatic rings. The third-order valence-corrected chi connectivity index (χ3v) is 6.28. The van der Waals surface area contributed by atoms with Gasteiger partial charge in [0.2, 0.25) is 0 Å². The van der Waals surface area contributed by atoms with E-state index in [1.807, 2.05) is 12.1 Å². The van der Waals surface area contributed by atoms with E-state index < -0.39 is 0 Å². The Morgan fingerprint density at radius 2 is 1.60 bits per heavy atom. The Hall–Kier alpha value is -2.86. The number of anilines is 1. The van der Waals surface area contributed by atoms with Gasteiger partial charge in [0.1, 0.15) is 11.6 Å². The minimum atomic E-state index is 0.269. The number of amidine groups is 1. The minimum Gasteiger partial charge on any atom is -0.497 e. The molecule has 1 aliphatic heterocycles. The van der Waals surface area contributed by atoms with E-state index in [4.69, 9.17) is 9.73 Å². The van der Waals surface area contributed by atoms with E-state index in [0.717, 1.165) is 29.4 Å². The summed E-state index contributed by atoms with van der Waals surface area (Å²) in [5.41, 5.74) is 3.43. The Morgan fingerprint density at radius 1 is 0.867 bits per heavy atom.